The van der Waals surface area contributed by atoms with E-state index in [1.807, 2.05) is 0 Å². The maximum absolute atomic E-state index is 9.00. The summed E-state index contributed by atoms with van der Waals surface area (Å²) in [7, 11) is 0. The van der Waals surface area contributed by atoms with Crippen molar-refractivity contribution in [2.24, 2.45) is 17.2 Å². The van der Waals surface area contributed by atoms with Gasteiger partial charge in [0.2, 0.25) is 0 Å². The quantitative estimate of drug-likeness (QED) is 0.256. The molecule has 11 N–H and O–H groups in total. The topological polar surface area (TPSA) is 265 Å². The molecule has 0 heterocycles. The molecule has 0 amide bonds. The molecule has 150 valence electrons. The maximum atomic E-state index is 9.00. The highest BCUT2D eigenvalue weighted by molar-refractivity contribution is 5.63. The van der Waals surface area contributed by atoms with E-state index in [0.29, 0.717) is 0 Å². The standard InChI is InChI=1S/C2H7N3.5C2H4O2/c3-1-2(4)5;5*1-2(3)4/h1H,3-5H2;5*1H3,(H,3,4). The molecule has 0 rings (SSSR count). The Kier molecular flexibility index (Phi) is 48.8. The van der Waals surface area contributed by atoms with Crippen molar-refractivity contribution in [1.82, 2.24) is 0 Å². The Morgan fingerprint density at radius 3 is 0.600 bits per heavy atom. The zero-order valence-corrected chi connectivity index (χ0v) is 14.6. The fraction of sp³-hybridized carbons (Fsp3) is 0.417. The molecule has 0 aromatic heterocycles. The summed E-state index contributed by atoms with van der Waals surface area (Å²) in [4.78, 5) is 45.0. The van der Waals surface area contributed by atoms with Gasteiger partial charge in [-0.2, -0.15) is 0 Å². The molecule has 0 aromatic rings. The molecule has 0 unspecified atom stereocenters. The van der Waals surface area contributed by atoms with E-state index in [-0.39, 0.29) is 5.82 Å². The summed E-state index contributed by atoms with van der Waals surface area (Å²) < 4.78 is 0. The number of carbonyl (C=O) groups is 5. The van der Waals surface area contributed by atoms with Crippen LogP contribution in [-0.2, 0) is 24.0 Å². The van der Waals surface area contributed by atoms with Crippen LogP contribution in [-0.4, -0.2) is 55.4 Å². The van der Waals surface area contributed by atoms with Crippen molar-refractivity contribution in [3.63, 3.8) is 0 Å². The van der Waals surface area contributed by atoms with Crippen LogP contribution in [0, 0.1) is 0 Å². The average molecular weight is 373 g/mol. The summed E-state index contributed by atoms with van der Waals surface area (Å²) in [5.41, 5.74) is 14.4. The van der Waals surface area contributed by atoms with Crippen molar-refractivity contribution < 1.29 is 49.5 Å². The van der Waals surface area contributed by atoms with E-state index in [4.69, 9.17) is 66.7 Å². The zero-order chi connectivity index (χ0) is 22.2. The fourth-order valence-electron chi connectivity index (χ4n) is 0. The third kappa shape index (κ3) is 3070. The molecule has 0 aliphatic rings. The summed E-state index contributed by atoms with van der Waals surface area (Å²) in [6.45, 7) is 5.42. The van der Waals surface area contributed by atoms with E-state index in [1.165, 1.54) is 0 Å². The molecule has 0 atom stereocenters. The number of carboxylic acid groups (broad SMARTS) is 5. The Hall–Kier alpha value is -3.51. The van der Waals surface area contributed by atoms with Gasteiger partial charge >= 0.3 is 0 Å². The molecule has 0 spiro atoms. The van der Waals surface area contributed by atoms with Gasteiger partial charge in [-0.1, -0.05) is 0 Å². The van der Waals surface area contributed by atoms with E-state index in [1.54, 1.807) is 0 Å². The fourth-order valence-corrected chi connectivity index (χ4v) is 0. The van der Waals surface area contributed by atoms with Crippen LogP contribution in [0.2, 0.25) is 0 Å². The predicted molar refractivity (Wildman–Crippen MR) is 87.2 cm³/mol. The Morgan fingerprint density at radius 1 is 0.560 bits per heavy atom. The molecule has 13 heteroatoms. The summed E-state index contributed by atoms with van der Waals surface area (Å²) in [5, 5.41) is 37.1. The Labute approximate surface area is 144 Å². The SMILES string of the molecule is CC(=O)O.CC(=O)O.CC(=O)O.CC(=O)O.CC(=O)O.NC=C(N)N. The first-order valence-corrected chi connectivity index (χ1v) is 5.84. The normalized spacial score (nSPS) is 6.28. The van der Waals surface area contributed by atoms with Crippen molar-refractivity contribution in [2.45, 2.75) is 34.6 Å². The molecule has 0 aromatic carbocycles. The van der Waals surface area contributed by atoms with E-state index in [9.17, 15) is 0 Å². The van der Waals surface area contributed by atoms with Crippen LogP contribution >= 0.6 is 0 Å². The zero-order valence-electron chi connectivity index (χ0n) is 14.6. The van der Waals surface area contributed by atoms with Gasteiger partial charge in [-0.25, -0.2) is 0 Å². The monoisotopic (exact) mass is 373 g/mol. The molecule has 13 nitrogen and oxygen atoms in total. The Balaban J connectivity index is -0.0000000434. The lowest BCUT2D eigenvalue weighted by Gasteiger charge is -1.78. The van der Waals surface area contributed by atoms with E-state index in [0.717, 1.165) is 40.8 Å². The number of hydrogen-bond donors (Lipinski definition) is 8. The molecule has 0 bridgehead atoms. The summed E-state index contributed by atoms with van der Waals surface area (Å²) in [5.74, 6) is -4.01. The molecular formula is C12H27N3O10. The second-order valence-corrected chi connectivity index (χ2v) is 3.26. The van der Waals surface area contributed by atoms with Crippen LogP contribution in [0.1, 0.15) is 34.6 Å². The first-order chi connectivity index (χ1) is 10.9. The second kappa shape index (κ2) is 32.4. The van der Waals surface area contributed by atoms with E-state index < -0.39 is 29.8 Å². The van der Waals surface area contributed by atoms with Gasteiger partial charge < -0.3 is 42.7 Å². The summed E-state index contributed by atoms with van der Waals surface area (Å²) in [6, 6.07) is 0. The Morgan fingerprint density at radius 2 is 0.600 bits per heavy atom. The van der Waals surface area contributed by atoms with Crippen molar-refractivity contribution in [1.29, 1.82) is 0 Å². The lowest BCUT2D eigenvalue weighted by atomic mass is 10.8. The van der Waals surface area contributed by atoms with Crippen LogP contribution in [0.3, 0.4) is 0 Å². The minimum absolute atomic E-state index is 0.157. The number of carboxylic acids is 5. The van der Waals surface area contributed by atoms with Gasteiger partial charge in [0.05, 0.1) is 0 Å². The van der Waals surface area contributed by atoms with Gasteiger partial charge in [-0.05, 0) is 0 Å². The molecular weight excluding hydrogens is 346 g/mol. The first kappa shape index (κ1) is 37.6. The third-order valence-corrected chi connectivity index (χ3v) is 0.192. The summed E-state index contributed by atoms with van der Waals surface area (Å²) in [6.07, 6.45) is 1.14. The maximum Gasteiger partial charge on any atom is 0.300 e. The number of nitrogens with two attached hydrogens (primary N) is 3. The minimum Gasteiger partial charge on any atom is -0.481 e. The summed E-state index contributed by atoms with van der Waals surface area (Å²) >= 11 is 0. The van der Waals surface area contributed by atoms with E-state index in [2.05, 4.69) is 0 Å². The van der Waals surface area contributed by atoms with Crippen LogP contribution in [0.15, 0.2) is 12.0 Å². The third-order valence-electron chi connectivity index (χ3n) is 0.192. The van der Waals surface area contributed by atoms with Crippen LogP contribution in [0.5, 0.6) is 0 Å². The van der Waals surface area contributed by atoms with Gasteiger partial charge in [-0.3, -0.25) is 24.0 Å². The smallest absolute Gasteiger partial charge is 0.300 e. The Bertz CT molecular complexity index is 314. The number of rotatable bonds is 0. The molecule has 0 saturated heterocycles. The van der Waals surface area contributed by atoms with Gasteiger partial charge in [-0.15, -0.1) is 0 Å². The van der Waals surface area contributed by atoms with Crippen molar-refractivity contribution in [3.05, 3.63) is 12.0 Å². The van der Waals surface area contributed by atoms with Crippen LogP contribution < -0.4 is 17.2 Å². The van der Waals surface area contributed by atoms with Gasteiger partial charge in [0, 0.05) is 40.8 Å². The van der Waals surface area contributed by atoms with Gasteiger partial charge in [0.15, 0.2) is 0 Å². The highest BCUT2D eigenvalue weighted by Crippen LogP contribution is 1.49. The van der Waals surface area contributed by atoms with Crippen molar-refractivity contribution in [2.75, 3.05) is 0 Å². The molecule has 0 fully saturated rings. The highest BCUT2D eigenvalue weighted by atomic mass is 16.4. The molecule has 0 saturated carbocycles. The minimum atomic E-state index is -0.833. The molecule has 0 radical (unpaired) electrons. The average Bonchev–Trinajstić information content (AvgIpc) is 2.24. The second-order valence-electron chi connectivity index (χ2n) is 3.26. The van der Waals surface area contributed by atoms with Gasteiger partial charge in [0.1, 0.15) is 5.82 Å². The predicted octanol–water partition coefficient (Wildman–Crippen LogP) is -0.884. The highest BCUT2D eigenvalue weighted by Gasteiger charge is 1.67. The lowest BCUT2D eigenvalue weighted by Crippen LogP contribution is -2.09. The lowest BCUT2D eigenvalue weighted by molar-refractivity contribution is -0.135. The molecule has 0 aliphatic heterocycles. The molecule has 0 aliphatic carbocycles. The van der Waals surface area contributed by atoms with Crippen LogP contribution in [0.4, 0.5) is 0 Å². The van der Waals surface area contributed by atoms with Crippen LogP contribution in [0.25, 0.3) is 0 Å². The molecule has 25 heavy (non-hydrogen) atoms. The largest absolute Gasteiger partial charge is 0.481 e. The first-order valence-electron chi connectivity index (χ1n) is 5.84. The van der Waals surface area contributed by atoms with Gasteiger partial charge in [0.25, 0.3) is 29.8 Å². The number of hydrogen-bond acceptors (Lipinski definition) is 8. The van der Waals surface area contributed by atoms with Crippen molar-refractivity contribution in [3.8, 4) is 0 Å². The van der Waals surface area contributed by atoms with E-state index >= 15 is 0 Å². The van der Waals surface area contributed by atoms with Crippen molar-refractivity contribution >= 4 is 29.8 Å². The number of aliphatic carboxylic acids is 5.